The van der Waals surface area contributed by atoms with Crippen LogP contribution >= 0.6 is 0 Å². The zero-order valence-electron chi connectivity index (χ0n) is 19.2. The first-order chi connectivity index (χ1) is 14.1. The van der Waals surface area contributed by atoms with E-state index in [2.05, 4.69) is 13.8 Å². The SMILES string of the molecule is COC(=O)[C@@H](C)[C@@H]1CC[C@@H]2[C@@H]3CC[C@@H]4CC(=O)CC[C@]4(C)[C@H]3C[C@H](OC(C)=O)[C@]21C. The van der Waals surface area contributed by atoms with Gasteiger partial charge in [-0.25, -0.2) is 0 Å². The van der Waals surface area contributed by atoms with Gasteiger partial charge in [0.05, 0.1) is 13.0 Å². The highest BCUT2D eigenvalue weighted by molar-refractivity contribution is 5.79. The lowest BCUT2D eigenvalue weighted by Crippen LogP contribution is -2.59. The minimum absolute atomic E-state index is 0.155. The largest absolute Gasteiger partial charge is 0.469 e. The lowest BCUT2D eigenvalue weighted by Gasteiger charge is -2.62. The van der Waals surface area contributed by atoms with Crippen molar-refractivity contribution >= 4 is 17.7 Å². The van der Waals surface area contributed by atoms with E-state index in [1.54, 1.807) is 0 Å². The number of carbonyl (C=O) groups excluding carboxylic acids is 3. The summed E-state index contributed by atoms with van der Waals surface area (Å²) in [4.78, 5) is 36.7. The molecule has 0 heterocycles. The molecule has 0 aromatic carbocycles. The molecule has 0 aliphatic heterocycles. The molecule has 30 heavy (non-hydrogen) atoms. The maximum absolute atomic E-state index is 12.4. The predicted octanol–water partition coefficient (Wildman–Crippen LogP) is 4.57. The molecule has 0 spiro atoms. The predicted molar refractivity (Wildman–Crippen MR) is 112 cm³/mol. The number of Topliss-reactive ketones (excluding diaryl/α,β-unsaturated/α-hetero) is 1. The van der Waals surface area contributed by atoms with E-state index < -0.39 is 0 Å². The zero-order chi connectivity index (χ0) is 21.8. The van der Waals surface area contributed by atoms with Crippen LogP contribution in [0.1, 0.15) is 79.1 Å². The van der Waals surface area contributed by atoms with Crippen molar-refractivity contribution in [3.8, 4) is 0 Å². The van der Waals surface area contributed by atoms with Crippen molar-refractivity contribution in [1.82, 2.24) is 0 Å². The van der Waals surface area contributed by atoms with Crippen molar-refractivity contribution < 1.29 is 23.9 Å². The molecule has 0 unspecified atom stereocenters. The molecular weight excluding hydrogens is 380 g/mol. The van der Waals surface area contributed by atoms with Crippen LogP contribution in [-0.2, 0) is 23.9 Å². The Morgan fingerprint density at radius 2 is 1.83 bits per heavy atom. The molecule has 9 atom stereocenters. The highest BCUT2D eigenvalue weighted by Crippen LogP contribution is 2.68. The second-order valence-electron chi connectivity index (χ2n) is 11.1. The number of ether oxygens (including phenoxy) is 2. The van der Waals surface area contributed by atoms with E-state index in [4.69, 9.17) is 9.47 Å². The Kier molecular flexibility index (Phi) is 5.55. The summed E-state index contributed by atoms with van der Waals surface area (Å²) in [6.45, 7) is 8.16. The van der Waals surface area contributed by atoms with Crippen LogP contribution in [0.3, 0.4) is 0 Å². The number of rotatable bonds is 3. The third kappa shape index (κ3) is 3.14. The second-order valence-corrected chi connectivity index (χ2v) is 11.1. The second kappa shape index (κ2) is 7.63. The molecule has 0 bridgehead atoms. The van der Waals surface area contributed by atoms with Crippen LogP contribution in [-0.4, -0.2) is 30.9 Å². The smallest absolute Gasteiger partial charge is 0.308 e. The first kappa shape index (κ1) is 21.8. The molecule has 4 rings (SSSR count). The molecule has 0 aromatic rings. The molecular formula is C25H38O5. The molecule has 5 nitrogen and oxygen atoms in total. The molecule has 0 N–H and O–H groups in total. The number of hydrogen-bond donors (Lipinski definition) is 0. The van der Waals surface area contributed by atoms with Crippen LogP contribution < -0.4 is 0 Å². The quantitative estimate of drug-likeness (QED) is 0.628. The van der Waals surface area contributed by atoms with Crippen LogP contribution in [0, 0.1) is 46.3 Å². The Hall–Kier alpha value is -1.39. The van der Waals surface area contributed by atoms with Gasteiger partial charge in [-0.2, -0.15) is 0 Å². The number of ketones is 1. The average molecular weight is 419 g/mol. The third-order valence-electron chi connectivity index (χ3n) is 10.1. The van der Waals surface area contributed by atoms with Gasteiger partial charge in [-0.15, -0.1) is 0 Å². The first-order valence-electron chi connectivity index (χ1n) is 11.9. The Morgan fingerprint density at radius 1 is 1.10 bits per heavy atom. The summed E-state index contributed by atoms with van der Waals surface area (Å²) in [5.74, 6) is 1.99. The van der Waals surface area contributed by atoms with E-state index in [9.17, 15) is 14.4 Å². The third-order valence-corrected chi connectivity index (χ3v) is 10.1. The molecule has 0 amide bonds. The summed E-state index contributed by atoms with van der Waals surface area (Å²) in [5, 5.41) is 0. The number of esters is 2. The Bertz CT molecular complexity index is 731. The van der Waals surface area contributed by atoms with Crippen LogP contribution in [0.15, 0.2) is 0 Å². The summed E-state index contributed by atoms with van der Waals surface area (Å²) < 4.78 is 11.1. The normalized spacial score (nSPS) is 46.2. The molecule has 0 radical (unpaired) electrons. The van der Waals surface area contributed by atoms with E-state index >= 15 is 0 Å². The van der Waals surface area contributed by atoms with Gasteiger partial charge in [0.1, 0.15) is 11.9 Å². The van der Waals surface area contributed by atoms with Crippen molar-refractivity contribution in [2.75, 3.05) is 7.11 Å². The van der Waals surface area contributed by atoms with Gasteiger partial charge >= 0.3 is 11.9 Å². The Morgan fingerprint density at radius 3 is 2.50 bits per heavy atom. The Labute approximate surface area is 180 Å². The number of methoxy groups -OCH3 is 1. The fourth-order valence-electron chi connectivity index (χ4n) is 8.56. The summed E-state index contributed by atoms with van der Waals surface area (Å²) in [5.41, 5.74) is -0.0449. The Balaban J connectivity index is 1.70. The van der Waals surface area contributed by atoms with Gasteiger partial charge in [0, 0.05) is 25.2 Å². The molecule has 4 aliphatic rings. The van der Waals surface area contributed by atoms with Gasteiger partial charge in [-0.05, 0) is 73.5 Å². The number of fused-ring (bicyclic) bond motifs is 5. The van der Waals surface area contributed by atoms with E-state index in [1.165, 1.54) is 14.0 Å². The van der Waals surface area contributed by atoms with Gasteiger partial charge in [0.15, 0.2) is 0 Å². The topological polar surface area (TPSA) is 69.7 Å². The fourth-order valence-corrected chi connectivity index (χ4v) is 8.56. The number of carbonyl (C=O) groups is 3. The van der Waals surface area contributed by atoms with E-state index in [1.807, 2.05) is 6.92 Å². The van der Waals surface area contributed by atoms with Crippen LogP contribution in [0.25, 0.3) is 0 Å². The van der Waals surface area contributed by atoms with Gasteiger partial charge in [-0.1, -0.05) is 20.8 Å². The van der Waals surface area contributed by atoms with Gasteiger partial charge in [0.2, 0.25) is 0 Å². The van der Waals surface area contributed by atoms with Crippen molar-refractivity contribution in [2.24, 2.45) is 46.3 Å². The van der Waals surface area contributed by atoms with Gasteiger partial charge in [0.25, 0.3) is 0 Å². The van der Waals surface area contributed by atoms with Crippen molar-refractivity contribution in [2.45, 2.75) is 85.2 Å². The maximum atomic E-state index is 12.4. The van der Waals surface area contributed by atoms with Gasteiger partial charge < -0.3 is 9.47 Å². The molecule has 0 aromatic heterocycles. The van der Waals surface area contributed by atoms with E-state index in [0.717, 1.165) is 44.9 Å². The van der Waals surface area contributed by atoms with Crippen molar-refractivity contribution in [3.05, 3.63) is 0 Å². The highest BCUT2D eigenvalue weighted by Gasteiger charge is 2.65. The average Bonchev–Trinajstić information content (AvgIpc) is 3.06. The van der Waals surface area contributed by atoms with Crippen LogP contribution in [0.4, 0.5) is 0 Å². The van der Waals surface area contributed by atoms with E-state index in [-0.39, 0.29) is 40.7 Å². The minimum Gasteiger partial charge on any atom is -0.469 e. The van der Waals surface area contributed by atoms with E-state index in [0.29, 0.717) is 35.9 Å². The molecule has 0 saturated heterocycles. The maximum Gasteiger partial charge on any atom is 0.308 e. The minimum atomic E-state index is -0.230. The van der Waals surface area contributed by atoms with Crippen molar-refractivity contribution in [3.63, 3.8) is 0 Å². The van der Waals surface area contributed by atoms with Crippen LogP contribution in [0.2, 0.25) is 0 Å². The molecule has 5 heteroatoms. The molecule has 168 valence electrons. The summed E-state index contributed by atoms with van der Waals surface area (Å²) >= 11 is 0. The first-order valence-corrected chi connectivity index (χ1v) is 11.9. The molecule has 4 aliphatic carbocycles. The lowest BCUT2D eigenvalue weighted by atomic mass is 9.44. The standard InChI is InChI=1S/C25H38O5/c1-14(23(28)29-5)19-8-9-20-18-7-6-16-12-17(27)10-11-24(16,3)21(18)13-22(25(19,20)4)30-15(2)26/h14,16,18-22H,6-13H2,1-5H3/t14-,16+,18-,19-,20+,21-,22-,24-,25-/m0/s1. The zero-order valence-corrected chi connectivity index (χ0v) is 19.2. The number of hydrogen-bond acceptors (Lipinski definition) is 5. The highest BCUT2D eigenvalue weighted by atomic mass is 16.5. The summed E-state index contributed by atoms with van der Waals surface area (Å²) in [6.07, 6.45) is 7.43. The fraction of sp³-hybridized carbons (Fsp3) is 0.880. The lowest BCUT2D eigenvalue weighted by molar-refractivity contribution is -0.194. The monoisotopic (exact) mass is 418 g/mol. The van der Waals surface area contributed by atoms with Crippen molar-refractivity contribution in [1.29, 1.82) is 0 Å². The molecule has 4 saturated carbocycles. The summed E-state index contributed by atoms with van der Waals surface area (Å²) in [6, 6.07) is 0. The van der Waals surface area contributed by atoms with Crippen LogP contribution in [0.5, 0.6) is 0 Å². The molecule has 4 fully saturated rings. The van der Waals surface area contributed by atoms with Gasteiger partial charge in [-0.3, -0.25) is 14.4 Å². The summed E-state index contributed by atoms with van der Waals surface area (Å²) in [7, 11) is 1.46.